The lowest BCUT2D eigenvalue weighted by Crippen LogP contribution is -2.19. The summed E-state index contributed by atoms with van der Waals surface area (Å²) in [6, 6.07) is 3.96. The third-order valence-electron chi connectivity index (χ3n) is 3.11. The van der Waals surface area contributed by atoms with E-state index in [1.807, 2.05) is 12.2 Å². The predicted octanol–water partition coefficient (Wildman–Crippen LogP) is 1.63. The van der Waals surface area contributed by atoms with Gasteiger partial charge in [0.15, 0.2) is 0 Å². The lowest BCUT2D eigenvalue weighted by molar-refractivity contribution is -0.384. The third-order valence-corrected chi connectivity index (χ3v) is 4.52. The number of hydrogen-bond donors (Lipinski definition) is 2. The molecule has 0 bridgehead atoms. The van der Waals surface area contributed by atoms with Crippen molar-refractivity contribution in [1.82, 2.24) is 4.72 Å². The molecule has 1 aliphatic rings. The minimum absolute atomic E-state index is 0.112. The van der Waals surface area contributed by atoms with Gasteiger partial charge in [-0.3, -0.25) is 10.1 Å². The Morgan fingerprint density at radius 1 is 1.30 bits per heavy atom. The van der Waals surface area contributed by atoms with Gasteiger partial charge in [-0.05, 0) is 32.0 Å². The highest BCUT2D eigenvalue weighted by Gasteiger charge is 2.22. The first-order valence-corrected chi connectivity index (χ1v) is 7.56. The van der Waals surface area contributed by atoms with E-state index in [1.165, 1.54) is 19.2 Å². The first-order chi connectivity index (χ1) is 9.44. The van der Waals surface area contributed by atoms with Crippen LogP contribution < -0.4 is 10.0 Å². The summed E-state index contributed by atoms with van der Waals surface area (Å²) >= 11 is 0. The van der Waals surface area contributed by atoms with Crippen LogP contribution in [-0.4, -0.2) is 26.4 Å². The number of nitrogens with one attached hydrogen (secondary N) is 2. The highest BCUT2D eigenvalue weighted by Crippen LogP contribution is 2.29. The van der Waals surface area contributed by atoms with Crippen molar-refractivity contribution in [2.24, 2.45) is 0 Å². The number of nitro benzene ring substituents is 1. The molecule has 20 heavy (non-hydrogen) atoms. The zero-order chi connectivity index (χ0) is 14.8. The van der Waals surface area contributed by atoms with Gasteiger partial charge < -0.3 is 5.32 Å². The molecule has 1 aromatic carbocycles. The summed E-state index contributed by atoms with van der Waals surface area (Å²) in [4.78, 5) is 10.4. The fraction of sp³-hybridized carbons (Fsp3) is 0.333. The number of sulfonamides is 1. The highest BCUT2D eigenvalue weighted by molar-refractivity contribution is 7.89. The van der Waals surface area contributed by atoms with Crippen molar-refractivity contribution in [3.05, 3.63) is 40.5 Å². The Bertz CT molecular complexity index is 647. The topological polar surface area (TPSA) is 101 Å². The molecule has 7 nitrogen and oxygen atoms in total. The normalized spacial score (nSPS) is 15.4. The molecule has 1 aliphatic carbocycles. The van der Waals surface area contributed by atoms with Crippen LogP contribution >= 0.6 is 0 Å². The lowest BCUT2D eigenvalue weighted by atomic mass is 10.2. The Hall–Kier alpha value is -1.93. The van der Waals surface area contributed by atoms with Crippen LogP contribution in [0.1, 0.15) is 12.8 Å². The summed E-state index contributed by atoms with van der Waals surface area (Å²) in [6.07, 6.45) is 5.61. The fourth-order valence-corrected chi connectivity index (χ4v) is 2.77. The van der Waals surface area contributed by atoms with E-state index in [1.54, 1.807) is 0 Å². The second kappa shape index (κ2) is 5.59. The average Bonchev–Trinajstić information content (AvgIpc) is 2.91. The zero-order valence-corrected chi connectivity index (χ0v) is 11.7. The van der Waals surface area contributed by atoms with Gasteiger partial charge >= 0.3 is 0 Å². The van der Waals surface area contributed by atoms with E-state index in [9.17, 15) is 18.5 Å². The smallest absolute Gasteiger partial charge is 0.293 e. The molecule has 2 N–H and O–H groups in total. The minimum Gasteiger partial charge on any atom is -0.376 e. The van der Waals surface area contributed by atoms with Gasteiger partial charge in [0.05, 0.1) is 9.82 Å². The van der Waals surface area contributed by atoms with Crippen molar-refractivity contribution >= 4 is 21.4 Å². The van der Waals surface area contributed by atoms with Crippen LogP contribution in [0.4, 0.5) is 11.4 Å². The van der Waals surface area contributed by atoms with Crippen LogP contribution in [0.2, 0.25) is 0 Å². The van der Waals surface area contributed by atoms with Crippen LogP contribution in [0.5, 0.6) is 0 Å². The van der Waals surface area contributed by atoms with E-state index in [0.717, 1.165) is 18.9 Å². The van der Waals surface area contributed by atoms with Crippen molar-refractivity contribution in [2.45, 2.75) is 23.8 Å². The van der Waals surface area contributed by atoms with Gasteiger partial charge in [-0.15, -0.1) is 0 Å². The van der Waals surface area contributed by atoms with Crippen molar-refractivity contribution in [2.75, 3.05) is 12.4 Å². The standard InChI is InChI=1S/C12H15N3O4S/c1-13-20(18,19)10-6-7-11(12(8-10)15(16)17)14-9-4-2-3-5-9/h2-3,6-9,13-14H,4-5H2,1H3. The van der Waals surface area contributed by atoms with Crippen molar-refractivity contribution in [3.8, 4) is 0 Å². The number of hydrogen-bond acceptors (Lipinski definition) is 5. The molecular weight excluding hydrogens is 282 g/mol. The summed E-state index contributed by atoms with van der Waals surface area (Å²) in [6.45, 7) is 0. The first kappa shape index (κ1) is 14.5. The number of benzene rings is 1. The third kappa shape index (κ3) is 2.97. The molecule has 0 heterocycles. The second-order valence-electron chi connectivity index (χ2n) is 4.43. The van der Waals surface area contributed by atoms with Crippen LogP contribution in [-0.2, 0) is 10.0 Å². The monoisotopic (exact) mass is 297 g/mol. The van der Waals surface area contributed by atoms with Gasteiger partial charge in [0.2, 0.25) is 10.0 Å². The quantitative estimate of drug-likeness (QED) is 0.488. The van der Waals surface area contributed by atoms with Gasteiger partial charge in [-0.25, -0.2) is 13.1 Å². The van der Waals surface area contributed by atoms with E-state index in [0.29, 0.717) is 5.69 Å². The molecule has 0 saturated heterocycles. The second-order valence-corrected chi connectivity index (χ2v) is 6.31. The van der Waals surface area contributed by atoms with E-state index in [2.05, 4.69) is 10.0 Å². The first-order valence-electron chi connectivity index (χ1n) is 6.07. The molecule has 8 heteroatoms. The van der Waals surface area contributed by atoms with E-state index < -0.39 is 14.9 Å². The maximum Gasteiger partial charge on any atom is 0.293 e. The van der Waals surface area contributed by atoms with Gasteiger partial charge in [-0.2, -0.15) is 0 Å². The molecule has 0 atom stereocenters. The van der Waals surface area contributed by atoms with E-state index in [4.69, 9.17) is 0 Å². The average molecular weight is 297 g/mol. The maximum atomic E-state index is 11.7. The molecule has 0 spiro atoms. The molecule has 108 valence electrons. The number of rotatable bonds is 5. The molecule has 0 saturated carbocycles. The summed E-state index contributed by atoms with van der Waals surface area (Å²) < 4.78 is 25.5. The van der Waals surface area contributed by atoms with E-state index in [-0.39, 0.29) is 16.6 Å². The summed E-state index contributed by atoms with van der Waals surface area (Å²) in [5, 5.41) is 14.2. The molecule has 1 aromatic rings. The summed E-state index contributed by atoms with van der Waals surface area (Å²) in [7, 11) is -2.43. The molecule has 0 aromatic heterocycles. The highest BCUT2D eigenvalue weighted by atomic mass is 32.2. The van der Waals surface area contributed by atoms with Gasteiger partial charge in [0.1, 0.15) is 5.69 Å². The van der Waals surface area contributed by atoms with Crippen molar-refractivity contribution < 1.29 is 13.3 Å². The van der Waals surface area contributed by atoms with Crippen LogP contribution in [0.25, 0.3) is 0 Å². The van der Waals surface area contributed by atoms with Crippen molar-refractivity contribution in [3.63, 3.8) is 0 Å². The molecule has 0 fully saturated rings. The van der Waals surface area contributed by atoms with Gasteiger partial charge in [0.25, 0.3) is 5.69 Å². The zero-order valence-electron chi connectivity index (χ0n) is 10.9. The molecular formula is C12H15N3O4S. The summed E-state index contributed by atoms with van der Waals surface area (Å²) in [5.41, 5.74) is 0.0898. The number of nitro groups is 1. The SMILES string of the molecule is CNS(=O)(=O)c1ccc(NC2CC=CC2)c([N+](=O)[O-])c1. The molecule has 0 unspecified atom stereocenters. The Morgan fingerprint density at radius 2 is 1.95 bits per heavy atom. The lowest BCUT2D eigenvalue weighted by Gasteiger charge is -2.14. The van der Waals surface area contributed by atoms with Crippen LogP contribution in [0.15, 0.2) is 35.2 Å². The minimum atomic E-state index is -3.69. The fourth-order valence-electron chi connectivity index (χ4n) is 2.02. The molecule has 0 amide bonds. The Morgan fingerprint density at radius 3 is 2.50 bits per heavy atom. The number of nitrogens with zero attached hydrogens (tertiary/aromatic N) is 1. The number of anilines is 1. The maximum absolute atomic E-state index is 11.7. The Kier molecular flexibility index (Phi) is 4.05. The predicted molar refractivity (Wildman–Crippen MR) is 75.1 cm³/mol. The van der Waals surface area contributed by atoms with Crippen LogP contribution in [0.3, 0.4) is 0 Å². The summed E-state index contributed by atoms with van der Waals surface area (Å²) in [5.74, 6) is 0. The Balaban J connectivity index is 2.35. The van der Waals surface area contributed by atoms with Crippen LogP contribution in [0, 0.1) is 10.1 Å². The molecule has 2 rings (SSSR count). The van der Waals surface area contributed by atoms with E-state index >= 15 is 0 Å². The van der Waals surface area contributed by atoms with Crippen molar-refractivity contribution in [1.29, 1.82) is 0 Å². The van der Waals surface area contributed by atoms with Gasteiger partial charge in [-0.1, -0.05) is 12.2 Å². The Labute approximate surface area is 116 Å². The molecule has 0 aliphatic heterocycles. The molecule has 0 radical (unpaired) electrons. The van der Waals surface area contributed by atoms with Gasteiger partial charge in [0, 0.05) is 12.1 Å². The largest absolute Gasteiger partial charge is 0.376 e.